The quantitative estimate of drug-likeness (QED) is 0.143. The van der Waals surface area contributed by atoms with E-state index in [0.717, 1.165) is 36.4 Å². The highest BCUT2D eigenvalue weighted by Gasteiger charge is 2.48. The van der Waals surface area contributed by atoms with Crippen LogP contribution in [0.1, 0.15) is 86.0 Å². The maximum Gasteiger partial charge on any atom is 0.504 e. The first-order chi connectivity index (χ1) is 12.1. The van der Waals surface area contributed by atoms with Crippen LogP contribution in [0.4, 0.5) is 0 Å². The molecule has 6 heteroatoms. The molecule has 0 aromatic rings. The largest absolute Gasteiger partial charge is 0.504 e. The summed E-state index contributed by atoms with van der Waals surface area (Å²) in [5, 5.41) is 11.0. The Labute approximate surface area is 161 Å². The van der Waals surface area contributed by atoms with Gasteiger partial charge in [0.2, 0.25) is 0 Å². The maximum absolute atomic E-state index is 10.4. The molecule has 1 atom stereocenters. The number of aliphatic hydroxyl groups is 1. The number of unbranched alkanes of at least 4 members (excludes halogenated alkanes) is 4. The van der Waals surface area contributed by atoms with E-state index in [0.29, 0.717) is 31.3 Å². The topological polar surface area (TPSA) is 47.9 Å². The van der Waals surface area contributed by atoms with Gasteiger partial charge in [-0.15, -0.1) is 0 Å². The lowest BCUT2D eigenvalue weighted by molar-refractivity contribution is 0.0596. The number of hydrogen-bond acceptors (Lipinski definition) is 3. The predicted octanol–water partition coefficient (Wildman–Crippen LogP) is 5.72. The van der Waals surface area contributed by atoms with Gasteiger partial charge in [-0.1, -0.05) is 46.0 Å². The third-order valence-corrected chi connectivity index (χ3v) is 8.92. The zero-order valence-electron chi connectivity index (χ0n) is 17.2. The summed E-state index contributed by atoms with van der Waals surface area (Å²) in [4.78, 5) is 0. The summed E-state index contributed by atoms with van der Waals surface area (Å²) in [6.45, 7) is 12.1. The van der Waals surface area contributed by atoms with Gasteiger partial charge >= 0.3 is 8.80 Å². The smallest absolute Gasteiger partial charge is 0.374 e. The fourth-order valence-electron chi connectivity index (χ4n) is 3.01. The normalized spacial score (nSPS) is 14.4. The number of thiol groups is 1. The molecule has 25 heavy (non-hydrogen) atoms. The van der Waals surface area contributed by atoms with Crippen molar-refractivity contribution in [3.8, 4) is 0 Å². The SMILES string of the molecule is CCCCCCCC(CC(O)=[SH]CCC)[Si](OCC)(OCC)OCC. The van der Waals surface area contributed by atoms with Crippen LogP contribution in [-0.2, 0) is 13.3 Å². The molecule has 0 bridgehead atoms. The zero-order valence-corrected chi connectivity index (χ0v) is 19.1. The number of aliphatic hydroxyl groups excluding tert-OH is 1. The lowest BCUT2D eigenvalue weighted by Gasteiger charge is -2.35. The van der Waals surface area contributed by atoms with E-state index in [4.69, 9.17) is 13.3 Å². The first-order valence-electron chi connectivity index (χ1n) is 10.2. The van der Waals surface area contributed by atoms with Crippen molar-refractivity contribution < 1.29 is 18.4 Å². The van der Waals surface area contributed by atoms with Gasteiger partial charge in [0.05, 0.1) is 5.05 Å². The molecule has 4 nitrogen and oxygen atoms in total. The Kier molecular flexibility index (Phi) is 16.6. The highest BCUT2D eigenvalue weighted by Crippen LogP contribution is 2.35. The first-order valence-corrected chi connectivity index (χ1v) is 13.1. The van der Waals surface area contributed by atoms with Gasteiger partial charge in [-0.25, -0.2) is 0 Å². The van der Waals surface area contributed by atoms with Crippen LogP contribution in [0.15, 0.2) is 0 Å². The predicted molar refractivity (Wildman–Crippen MR) is 114 cm³/mol. The molecule has 0 fully saturated rings. The maximum atomic E-state index is 10.4. The molecule has 0 saturated heterocycles. The lowest BCUT2D eigenvalue weighted by atomic mass is 10.1. The molecule has 0 aliphatic heterocycles. The van der Waals surface area contributed by atoms with Crippen LogP contribution >= 0.6 is 11.4 Å². The van der Waals surface area contributed by atoms with E-state index in [1.54, 1.807) is 0 Å². The van der Waals surface area contributed by atoms with Gasteiger partial charge < -0.3 is 18.4 Å². The molecule has 1 unspecified atom stereocenters. The molecule has 152 valence electrons. The van der Waals surface area contributed by atoms with Crippen LogP contribution in [0.2, 0.25) is 5.54 Å². The molecule has 0 amide bonds. The van der Waals surface area contributed by atoms with Gasteiger partial charge in [0.1, 0.15) is 0 Å². The highest BCUT2D eigenvalue weighted by molar-refractivity contribution is 7.98. The first kappa shape index (κ1) is 25.3. The van der Waals surface area contributed by atoms with Crippen molar-refractivity contribution in [2.24, 2.45) is 0 Å². The third-order valence-electron chi connectivity index (χ3n) is 4.14. The summed E-state index contributed by atoms with van der Waals surface area (Å²) in [6, 6.07) is 0. The van der Waals surface area contributed by atoms with E-state index >= 15 is 0 Å². The van der Waals surface area contributed by atoms with Gasteiger partial charge in [0, 0.05) is 31.8 Å². The molecule has 0 spiro atoms. The monoisotopic (exact) mass is 394 g/mol. The third kappa shape index (κ3) is 10.9. The summed E-state index contributed by atoms with van der Waals surface area (Å²) >= 11 is 1.03. The van der Waals surface area contributed by atoms with Gasteiger partial charge in [0.15, 0.2) is 0 Å². The summed E-state index contributed by atoms with van der Waals surface area (Å²) in [6.07, 6.45) is 8.92. The standard InChI is InChI=1S/C19H42O4SSi/c1-6-11-12-13-14-15-18(17-19(20)24-16-7-2)25(21-8-3,22-9-4)23-10-5/h18,20,24H,6-17H2,1-5H3. The molecule has 1 N–H and O–H groups in total. The molecule has 0 aliphatic rings. The highest BCUT2D eigenvalue weighted by atomic mass is 32.1. The Hall–Kier alpha value is 0.277. The Morgan fingerprint density at radius 1 is 0.840 bits per heavy atom. The van der Waals surface area contributed by atoms with E-state index in [-0.39, 0.29) is 5.54 Å². The molecule has 0 heterocycles. The minimum Gasteiger partial charge on any atom is -0.374 e. The molecular formula is C19H42O4SSi. The molecule has 0 rings (SSSR count). The molecular weight excluding hydrogens is 352 g/mol. The van der Waals surface area contributed by atoms with E-state index in [1.165, 1.54) is 25.7 Å². The van der Waals surface area contributed by atoms with Crippen LogP contribution in [0.25, 0.3) is 0 Å². The van der Waals surface area contributed by atoms with E-state index in [9.17, 15) is 5.11 Å². The van der Waals surface area contributed by atoms with Gasteiger partial charge in [0.25, 0.3) is 0 Å². The van der Waals surface area contributed by atoms with Crippen LogP contribution in [0.5, 0.6) is 0 Å². The van der Waals surface area contributed by atoms with E-state index in [2.05, 4.69) is 13.8 Å². The molecule has 0 radical (unpaired) electrons. The van der Waals surface area contributed by atoms with Crippen LogP contribution in [-0.4, -0.2) is 44.5 Å². The molecule has 0 aromatic heterocycles. The Bertz CT molecular complexity index is 322. The van der Waals surface area contributed by atoms with Crippen LogP contribution in [0, 0.1) is 0 Å². The fourth-order valence-corrected chi connectivity index (χ4v) is 7.17. The second-order valence-corrected chi connectivity index (χ2v) is 10.5. The Morgan fingerprint density at radius 3 is 1.88 bits per heavy atom. The molecule has 0 aromatic carbocycles. The Morgan fingerprint density at radius 2 is 1.40 bits per heavy atom. The average molecular weight is 395 g/mol. The van der Waals surface area contributed by atoms with Crippen molar-refractivity contribution in [2.45, 2.75) is 91.5 Å². The van der Waals surface area contributed by atoms with Gasteiger partial charge in [-0.3, -0.25) is 0 Å². The van der Waals surface area contributed by atoms with Crippen molar-refractivity contribution in [1.82, 2.24) is 0 Å². The van der Waals surface area contributed by atoms with Crippen molar-refractivity contribution in [3.63, 3.8) is 0 Å². The van der Waals surface area contributed by atoms with Gasteiger partial charge in [-0.2, -0.15) is 11.4 Å². The molecule has 0 saturated carbocycles. The fraction of sp³-hybridized carbons (Fsp3) is 0.947. The second kappa shape index (κ2) is 16.5. The van der Waals surface area contributed by atoms with Crippen molar-refractivity contribution in [1.29, 1.82) is 0 Å². The summed E-state index contributed by atoms with van der Waals surface area (Å²) < 4.78 is 18.4. The summed E-state index contributed by atoms with van der Waals surface area (Å²) in [5.74, 6) is 1.00. The van der Waals surface area contributed by atoms with Crippen molar-refractivity contribution in [2.75, 3.05) is 25.6 Å². The lowest BCUT2D eigenvalue weighted by Crippen LogP contribution is -2.51. The van der Waals surface area contributed by atoms with Gasteiger partial charge in [-0.05, 0) is 39.4 Å². The van der Waals surface area contributed by atoms with Crippen LogP contribution in [0.3, 0.4) is 0 Å². The van der Waals surface area contributed by atoms with Crippen molar-refractivity contribution >= 4 is 25.2 Å². The molecule has 0 aliphatic carbocycles. The number of hydrogen-bond donors (Lipinski definition) is 2. The average Bonchev–Trinajstić information content (AvgIpc) is 2.59. The number of rotatable bonds is 17. The van der Waals surface area contributed by atoms with Crippen LogP contribution < -0.4 is 0 Å². The van der Waals surface area contributed by atoms with Crippen molar-refractivity contribution in [3.05, 3.63) is 0 Å². The zero-order chi connectivity index (χ0) is 19.0. The van der Waals surface area contributed by atoms with E-state index < -0.39 is 8.80 Å². The minimum absolute atomic E-state index is 0.151. The summed E-state index contributed by atoms with van der Waals surface area (Å²) in [7, 11) is -2.78. The Balaban J connectivity index is 5.16. The summed E-state index contributed by atoms with van der Waals surface area (Å²) in [5.41, 5.74) is 0.151. The minimum atomic E-state index is -2.78. The van der Waals surface area contributed by atoms with E-state index in [1.807, 2.05) is 20.8 Å². The second-order valence-electron chi connectivity index (χ2n) is 6.30.